The highest BCUT2D eigenvalue weighted by Gasteiger charge is 2.27. The summed E-state index contributed by atoms with van der Waals surface area (Å²) in [5.41, 5.74) is 0.998. The largest absolute Gasteiger partial charge is 0.298 e. The van der Waals surface area contributed by atoms with E-state index in [4.69, 9.17) is 0 Å². The Labute approximate surface area is 80.9 Å². The van der Waals surface area contributed by atoms with Crippen molar-refractivity contribution in [3.8, 4) is 0 Å². The zero-order valence-corrected chi connectivity index (χ0v) is 8.76. The summed E-state index contributed by atoms with van der Waals surface area (Å²) < 4.78 is -0.533. The van der Waals surface area contributed by atoms with E-state index in [1.807, 2.05) is 37.3 Å². The van der Waals surface area contributed by atoms with Gasteiger partial charge in [-0.05, 0) is 19.4 Å². The van der Waals surface area contributed by atoms with E-state index in [0.29, 0.717) is 0 Å². The lowest BCUT2D eigenvalue weighted by Gasteiger charge is -2.18. The molecule has 12 heavy (non-hydrogen) atoms. The van der Waals surface area contributed by atoms with E-state index in [9.17, 15) is 4.79 Å². The monoisotopic (exact) mass is 226 g/mol. The summed E-state index contributed by atoms with van der Waals surface area (Å²) in [5, 5.41) is 0. The standard InChI is InChI=1S/C10H11BrO/c1-8(12)10(2,11)9-6-4-3-5-7-9/h3-7H,1-2H3. The van der Waals surface area contributed by atoms with Gasteiger partial charge >= 0.3 is 0 Å². The fourth-order valence-electron chi connectivity index (χ4n) is 0.954. The number of alkyl halides is 1. The van der Waals surface area contributed by atoms with Crippen LogP contribution in [0.2, 0.25) is 0 Å². The second kappa shape index (κ2) is 3.40. The minimum atomic E-state index is -0.533. The summed E-state index contributed by atoms with van der Waals surface area (Å²) in [4.78, 5) is 11.2. The van der Waals surface area contributed by atoms with E-state index in [1.54, 1.807) is 6.92 Å². The Hall–Kier alpha value is -0.630. The summed E-state index contributed by atoms with van der Waals surface area (Å²) >= 11 is 3.40. The van der Waals surface area contributed by atoms with Crippen LogP contribution in [0.5, 0.6) is 0 Å². The van der Waals surface area contributed by atoms with Gasteiger partial charge in [-0.3, -0.25) is 4.79 Å². The number of carbonyl (C=O) groups is 1. The van der Waals surface area contributed by atoms with Crippen molar-refractivity contribution in [3.05, 3.63) is 35.9 Å². The summed E-state index contributed by atoms with van der Waals surface area (Å²) in [6, 6.07) is 9.68. The van der Waals surface area contributed by atoms with Crippen LogP contribution in [0.4, 0.5) is 0 Å². The van der Waals surface area contributed by atoms with Crippen LogP contribution in [0.3, 0.4) is 0 Å². The SMILES string of the molecule is CC(=O)C(C)(Br)c1ccccc1. The number of rotatable bonds is 2. The van der Waals surface area contributed by atoms with Gasteiger partial charge in [-0.2, -0.15) is 0 Å². The lowest BCUT2D eigenvalue weighted by molar-refractivity contribution is -0.118. The quantitative estimate of drug-likeness (QED) is 0.710. The Morgan fingerprint density at radius 3 is 2.25 bits per heavy atom. The molecule has 0 saturated carbocycles. The molecule has 0 aliphatic carbocycles. The molecule has 1 unspecified atom stereocenters. The van der Waals surface area contributed by atoms with Gasteiger partial charge in [0.15, 0.2) is 5.78 Å². The third kappa shape index (κ3) is 1.75. The smallest absolute Gasteiger partial charge is 0.150 e. The number of Topliss-reactive ketones (excluding diaryl/α,β-unsaturated/α-hetero) is 1. The molecule has 0 aliphatic heterocycles. The highest BCUT2D eigenvalue weighted by atomic mass is 79.9. The Morgan fingerprint density at radius 1 is 1.33 bits per heavy atom. The number of benzene rings is 1. The van der Waals surface area contributed by atoms with Crippen molar-refractivity contribution >= 4 is 21.7 Å². The number of hydrogen-bond acceptors (Lipinski definition) is 1. The van der Waals surface area contributed by atoms with Crippen LogP contribution in [0, 0.1) is 0 Å². The van der Waals surface area contributed by atoms with Crippen molar-refractivity contribution in [1.82, 2.24) is 0 Å². The van der Waals surface area contributed by atoms with Crippen molar-refractivity contribution in [2.24, 2.45) is 0 Å². The molecule has 0 aromatic heterocycles. The van der Waals surface area contributed by atoms with Gasteiger partial charge in [0.2, 0.25) is 0 Å². The maximum Gasteiger partial charge on any atom is 0.150 e. The van der Waals surface area contributed by atoms with Gasteiger partial charge < -0.3 is 0 Å². The van der Waals surface area contributed by atoms with Crippen molar-refractivity contribution in [3.63, 3.8) is 0 Å². The molecule has 1 atom stereocenters. The van der Waals surface area contributed by atoms with Crippen LogP contribution < -0.4 is 0 Å². The zero-order chi connectivity index (χ0) is 9.19. The molecule has 1 nitrogen and oxygen atoms in total. The molecule has 2 heteroatoms. The molecule has 0 bridgehead atoms. The van der Waals surface area contributed by atoms with E-state index >= 15 is 0 Å². The van der Waals surface area contributed by atoms with Gasteiger partial charge in [0.25, 0.3) is 0 Å². The van der Waals surface area contributed by atoms with Gasteiger partial charge in [0.1, 0.15) is 4.32 Å². The maximum absolute atomic E-state index is 11.2. The molecule has 0 aliphatic rings. The van der Waals surface area contributed by atoms with Crippen LogP contribution in [-0.2, 0) is 9.12 Å². The average molecular weight is 227 g/mol. The fourth-order valence-corrected chi connectivity index (χ4v) is 1.22. The molecule has 1 aromatic carbocycles. The number of hydrogen-bond donors (Lipinski definition) is 0. The molecular formula is C10H11BrO. The molecule has 0 radical (unpaired) electrons. The third-order valence-corrected chi connectivity index (χ3v) is 2.99. The molecule has 0 amide bonds. The van der Waals surface area contributed by atoms with Crippen LogP contribution in [0.1, 0.15) is 19.4 Å². The summed E-state index contributed by atoms with van der Waals surface area (Å²) in [6.45, 7) is 3.45. The van der Waals surface area contributed by atoms with Crippen molar-refractivity contribution in [1.29, 1.82) is 0 Å². The summed E-state index contributed by atoms with van der Waals surface area (Å²) in [7, 11) is 0. The fraction of sp³-hybridized carbons (Fsp3) is 0.300. The summed E-state index contributed by atoms with van der Waals surface area (Å²) in [6.07, 6.45) is 0. The minimum Gasteiger partial charge on any atom is -0.298 e. The lowest BCUT2D eigenvalue weighted by atomic mass is 9.98. The number of carbonyl (C=O) groups excluding carboxylic acids is 1. The van der Waals surface area contributed by atoms with Crippen LogP contribution in [0.15, 0.2) is 30.3 Å². The molecule has 0 spiro atoms. The second-order valence-corrected chi connectivity index (χ2v) is 4.51. The third-order valence-electron chi connectivity index (χ3n) is 1.98. The van der Waals surface area contributed by atoms with E-state index < -0.39 is 4.32 Å². The zero-order valence-electron chi connectivity index (χ0n) is 7.17. The van der Waals surface area contributed by atoms with E-state index in [1.165, 1.54) is 0 Å². The average Bonchev–Trinajstić information content (AvgIpc) is 2.06. The Morgan fingerprint density at radius 2 is 1.83 bits per heavy atom. The van der Waals surface area contributed by atoms with Gasteiger partial charge in [-0.25, -0.2) is 0 Å². The molecule has 0 fully saturated rings. The number of ketones is 1. The van der Waals surface area contributed by atoms with E-state index in [-0.39, 0.29) is 5.78 Å². The Kier molecular flexibility index (Phi) is 2.68. The van der Waals surface area contributed by atoms with Crippen molar-refractivity contribution in [2.45, 2.75) is 18.2 Å². The van der Waals surface area contributed by atoms with E-state index in [0.717, 1.165) is 5.56 Å². The first-order valence-electron chi connectivity index (χ1n) is 3.80. The molecular weight excluding hydrogens is 216 g/mol. The topological polar surface area (TPSA) is 17.1 Å². The predicted molar refractivity (Wildman–Crippen MR) is 53.4 cm³/mol. The van der Waals surface area contributed by atoms with Crippen LogP contribution in [-0.4, -0.2) is 5.78 Å². The highest BCUT2D eigenvalue weighted by molar-refractivity contribution is 9.10. The predicted octanol–water partition coefficient (Wildman–Crippen LogP) is 2.89. The van der Waals surface area contributed by atoms with Crippen molar-refractivity contribution < 1.29 is 4.79 Å². The van der Waals surface area contributed by atoms with Gasteiger partial charge in [-0.1, -0.05) is 46.3 Å². The lowest BCUT2D eigenvalue weighted by Crippen LogP contribution is -2.22. The van der Waals surface area contributed by atoms with Gasteiger partial charge in [-0.15, -0.1) is 0 Å². The first-order chi connectivity index (χ1) is 5.55. The van der Waals surface area contributed by atoms with Gasteiger partial charge in [0.05, 0.1) is 0 Å². The van der Waals surface area contributed by atoms with Crippen LogP contribution >= 0.6 is 15.9 Å². The first kappa shape index (κ1) is 9.46. The maximum atomic E-state index is 11.2. The summed E-state index contributed by atoms with van der Waals surface area (Å²) in [5.74, 6) is 0.119. The molecule has 64 valence electrons. The Bertz CT molecular complexity index is 277. The molecule has 0 saturated heterocycles. The number of halogens is 1. The minimum absolute atomic E-state index is 0.119. The Balaban J connectivity index is 3.06. The molecule has 0 heterocycles. The van der Waals surface area contributed by atoms with Crippen molar-refractivity contribution in [2.75, 3.05) is 0 Å². The van der Waals surface area contributed by atoms with Crippen LogP contribution in [0.25, 0.3) is 0 Å². The first-order valence-corrected chi connectivity index (χ1v) is 4.60. The normalized spacial score (nSPS) is 15.2. The molecule has 1 aromatic rings. The molecule has 1 rings (SSSR count). The van der Waals surface area contributed by atoms with Gasteiger partial charge in [0, 0.05) is 0 Å². The highest BCUT2D eigenvalue weighted by Crippen LogP contribution is 2.31. The molecule has 0 N–H and O–H groups in total. The second-order valence-electron chi connectivity index (χ2n) is 2.93. The van der Waals surface area contributed by atoms with E-state index in [2.05, 4.69) is 15.9 Å².